The van der Waals surface area contributed by atoms with Crippen molar-refractivity contribution in [1.29, 1.82) is 0 Å². The number of hydrogen-bond acceptors (Lipinski definition) is 5. The van der Waals surface area contributed by atoms with E-state index in [1.54, 1.807) is 30.3 Å². The number of aryl methyl sites for hydroxylation is 2. The molecule has 0 bridgehead atoms. The molecule has 0 radical (unpaired) electrons. The summed E-state index contributed by atoms with van der Waals surface area (Å²) >= 11 is 5.91. The standard InChI is InChI=1S/C18H15ClN4O2/c1-10-3-6-14(9-11(10)2)22-17(24)15-16(18(22)25)23(21-20-15)13-7-4-12(19)5-8-13/h3-9,15-16H,1-2H3/t15-,16-/m1/s1. The summed E-state index contributed by atoms with van der Waals surface area (Å²) in [7, 11) is 0. The molecule has 126 valence electrons. The van der Waals surface area contributed by atoms with Crippen molar-refractivity contribution in [1.82, 2.24) is 0 Å². The topological polar surface area (TPSA) is 65.3 Å². The van der Waals surface area contributed by atoms with Crippen molar-refractivity contribution in [3.05, 3.63) is 58.6 Å². The van der Waals surface area contributed by atoms with Crippen LogP contribution in [-0.2, 0) is 9.59 Å². The Hall–Kier alpha value is -2.73. The van der Waals surface area contributed by atoms with Crippen LogP contribution in [0.2, 0.25) is 5.02 Å². The van der Waals surface area contributed by atoms with Crippen LogP contribution in [0, 0.1) is 13.8 Å². The van der Waals surface area contributed by atoms with E-state index < -0.39 is 12.1 Å². The summed E-state index contributed by atoms with van der Waals surface area (Å²) in [5.74, 6) is -0.670. The minimum Gasteiger partial charge on any atom is -0.271 e. The molecule has 0 unspecified atom stereocenters. The molecule has 1 fully saturated rings. The number of amides is 2. The third-order valence-electron chi connectivity index (χ3n) is 4.62. The lowest BCUT2D eigenvalue weighted by atomic mass is 10.1. The number of hydrogen-bond donors (Lipinski definition) is 0. The molecule has 0 spiro atoms. The number of halogens is 1. The first-order valence-electron chi connectivity index (χ1n) is 7.88. The summed E-state index contributed by atoms with van der Waals surface area (Å²) < 4.78 is 0. The van der Waals surface area contributed by atoms with Gasteiger partial charge in [-0.25, -0.2) is 9.91 Å². The van der Waals surface area contributed by atoms with Crippen LogP contribution in [0.1, 0.15) is 11.1 Å². The zero-order chi connectivity index (χ0) is 17.7. The number of rotatable bonds is 2. The Morgan fingerprint density at radius 1 is 0.920 bits per heavy atom. The molecule has 2 heterocycles. The molecule has 2 amide bonds. The van der Waals surface area contributed by atoms with E-state index in [4.69, 9.17) is 11.6 Å². The van der Waals surface area contributed by atoms with Crippen LogP contribution >= 0.6 is 11.6 Å². The summed E-state index contributed by atoms with van der Waals surface area (Å²) in [6.07, 6.45) is 0. The maximum atomic E-state index is 13.0. The molecule has 2 aliphatic heterocycles. The highest BCUT2D eigenvalue weighted by molar-refractivity contribution is 6.30. The summed E-state index contributed by atoms with van der Waals surface area (Å²) in [5.41, 5.74) is 3.36. The SMILES string of the molecule is Cc1ccc(N2C(=O)[C@@H]3N=NN(c4ccc(Cl)cc4)[C@H]3C2=O)cc1C. The Balaban J connectivity index is 1.70. The van der Waals surface area contributed by atoms with Crippen molar-refractivity contribution in [2.75, 3.05) is 9.91 Å². The van der Waals surface area contributed by atoms with Gasteiger partial charge in [0.25, 0.3) is 11.8 Å². The van der Waals surface area contributed by atoms with Gasteiger partial charge in [0.05, 0.1) is 11.4 Å². The predicted octanol–water partition coefficient (Wildman–Crippen LogP) is 3.45. The average molecular weight is 355 g/mol. The number of fused-ring (bicyclic) bond motifs is 1. The van der Waals surface area contributed by atoms with E-state index in [9.17, 15) is 9.59 Å². The van der Waals surface area contributed by atoms with Gasteiger partial charge in [0.2, 0.25) is 0 Å². The van der Waals surface area contributed by atoms with Gasteiger partial charge in [-0.1, -0.05) is 22.9 Å². The van der Waals surface area contributed by atoms with Crippen LogP contribution < -0.4 is 9.91 Å². The molecule has 4 rings (SSSR count). The Labute approximate surface area is 149 Å². The Morgan fingerprint density at radius 2 is 1.60 bits per heavy atom. The normalized spacial score (nSPS) is 22.0. The van der Waals surface area contributed by atoms with Crippen molar-refractivity contribution < 1.29 is 9.59 Å². The summed E-state index contributed by atoms with van der Waals surface area (Å²) in [6, 6.07) is 10.9. The Bertz CT molecular complexity index is 910. The molecule has 1 saturated heterocycles. The van der Waals surface area contributed by atoms with Gasteiger partial charge >= 0.3 is 0 Å². The largest absolute Gasteiger partial charge is 0.271 e. The monoisotopic (exact) mass is 354 g/mol. The van der Waals surface area contributed by atoms with Crippen molar-refractivity contribution in [2.24, 2.45) is 10.3 Å². The number of carbonyl (C=O) groups is 2. The van der Waals surface area contributed by atoms with Crippen molar-refractivity contribution >= 4 is 34.8 Å². The number of carbonyl (C=O) groups excluding carboxylic acids is 2. The summed E-state index contributed by atoms with van der Waals surface area (Å²) in [4.78, 5) is 26.9. The highest BCUT2D eigenvalue weighted by Gasteiger charge is 2.55. The number of nitrogens with zero attached hydrogens (tertiary/aromatic N) is 4. The molecular formula is C18H15ClN4O2. The summed E-state index contributed by atoms with van der Waals surface area (Å²) in [6.45, 7) is 3.93. The zero-order valence-corrected chi connectivity index (χ0v) is 14.4. The van der Waals surface area contributed by atoms with Gasteiger partial charge in [-0.05, 0) is 61.4 Å². The molecule has 7 heteroatoms. The van der Waals surface area contributed by atoms with E-state index >= 15 is 0 Å². The summed E-state index contributed by atoms with van der Waals surface area (Å²) in [5, 5.41) is 10.1. The third-order valence-corrected chi connectivity index (χ3v) is 4.87. The minimum atomic E-state index is -0.815. The highest BCUT2D eigenvalue weighted by Crippen LogP contribution is 2.35. The second-order valence-electron chi connectivity index (χ2n) is 6.20. The van der Waals surface area contributed by atoms with Crippen LogP contribution in [0.25, 0.3) is 0 Å². The molecular weight excluding hydrogens is 340 g/mol. The molecule has 0 N–H and O–H groups in total. The lowest BCUT2D eigenvalue weighted by Gasteiger charge is -2.21. The van der Waals surface area contributed by atoms with E-state index in [2.05, 4.69) is 10.3 Å². The van der Waals surface area contributed by atoms with Crippen LogP contribution in [0.4, 0.5) is 11.4 Å². The van der Waals surface area contributed by atoms with E-state index in [1.807, 2.05) is 26.0 Å². The maximum absolute atomic E-state index is 13.0. The van der Waals surface area contributed by atoms with Crippen molar-refractivity contribution in [2.45, 2.75) is 25.9 Å². The second-order valence-corrected chi connectivity index (χ2v) is 6.63. The average Bonchev–Trinajstić information content (AvgIpc) is 3.12. The van der Waals surface area contributed by atoms with Crippen LogP contribution in [0.5, 0.6) is 0 Å². The Morgan fingerprint density at radius 3 is 2.28 bits per heavy atom. The predicted molar refractivity (Wildman–Crippen MR) is 94.8 cm³/mol. The van der Waals surface area contributed by atoms with Crippen molar-refractivity contribution in [3.8, 4) is 0 Å². The number of anilines is 2. The molecule has 0 aromatic heterocycles. The van der Waals surface area contributed by atoms with Crippen LogP contribution in [-0.4, -0.2) is 23.9 Å². The van der Waals surface area contributed by atoms with Gasteiger partial charge in [0.1, 0.15) is 0 Å². The molecule has 2 atom stereocenters. The zero-order valence-electron chi connectivity index (χ0n) is 13.7. The van der Waals surface area contributed by atoms with Gasteiger partial charge in [0.15, 0.2) is 12.1 Å². The molecule has 2 aromatic rings. The number of imide groups is 1. The second kappa shape index (κ2) is 5.67. The van der Waals surface area contributed by atoms with Gasteiger partial charge in [-0.3, -0.25) is 9.59 Å². The van der Waals surface area contributed by atoms with E-state index in [-0.39, 0.29) is 11.8 Å². The fourth-order valence-corrected chi connectivity index (χ4v) is 3.21. The molecule has 2 aromatic carbocycles. The van der Waals surface area contributed by atoms with Crippen LogP contribution in [0.15, 0.2) is 52.8 Å². The first kappa shape index (κ1) is 15.8. The molecule has 0 saturated carbocycles. The van der Waals surface area contributed by atoms with Gasteiger partial charge in [0, 0.05) is 5.02 Å². The van der Waals surface area contributed by atoms with Gasteiger partial charge in [-0.15, -0.1) is 0 Å². The minimum absolute atomic E-state index is 0.321. The fourth-order valence-electron chi connectivity index (χ4n) is 3.09. The fraction of sp³-hybridized carbons (Fsp3) is 0.222. The molecule has 6 nitrogen and oxygen atoms in total. The van der Waals surface area contributed by atoms with Crippen molar-refractivity contribution in [3.63, 3.8) is 0 Å². The van der Waals surface area contributed by atoms with Gasteiger partial charge < -0.3 is 0 Å². The highest BCUT2D eigenvalue weighted by atomic mass is 35.5. The lowest BCUT2D eigenvalue weighted by molar-refractivity contribution is -0.121. The van der Waals surface area contributed by atoms with Gasteiger partial charge in [-0.2, -0.15) is 5.11 Å². The van der Waals surface area contributed by atoms with E-state index in [0.29, 0.717) is 16.4 Å². The molecule has 25 heavy (non-hydrogen) atoms. The van der Waals surface area contributed by atoms with Crippen LogP contribution in [0.3, 0.4) is 0 Å². The third kappa shape index (κ3) is 2.41. The molecule has 2 aliphatic rings. The Kier molecular flexibility index (Phi) is 3.58. The molecule has 0 aliphatic carbocycles. The smallest absolute Gasteiger partial charge is 0.263 e. The lowest BCUT2D eigenvalue weighted by Crippen LogP contribution is -2.39. The number of benzene rings is 2. The van der Waals surface area contributed by atoms with E-state index in [1.165, 1.54) is 9.91 Å². The quantitative estimate of drug-likeness (QED) is 0.776. The van der Waals surface area contributed by atoms with E-state index in [0.717, 1.165) is 11.1 Å². The first-order valence-corrected chi connectivity index (χ1v) is 8.26. The first-order chi connectivity index (χ1) is 12.0. The maximum Gasteiger partial charge on any atom is 0.263 e.